The van der Waals surface area contributed by atoms with Crippen molar-refractivity contribution in [1.29, 1.82) is 0 Å². The van der Waals surface area contributed by atoms with Gasteiger partial charge in [-0.3, -0.25) is 4.84 Å². The van der Waals surface area contributed by atoms with E-state index in [0.717, 1.165) is 18.5 Å². The van der Waals surface area contributed by atoms with Gasteiger partial charge in [-0.05, 0) is 12.0 Å². The average Bonchev–Trinajstić information content (AvgIpc) is 2.80. The second-order valence-corrected chi connectivity index (χ2v) is 3.95. The van der Waals surface area contributed by atoms with Gasteiger partial charge in [-0.25, -0.2) is 0 Å². The van der Waals surface area contributed by atoms with Gasteiger partial charge in [-0.2, -0.15) is 5.06 Å². The van der Waals surface area contributed by atoms with Crippen molar-refractivity contribution in [3.05, 3.63) is 35.9 Å². The molecular formula is C12H17NO3. The second kappa shape index (κ2) is 5.41. The molecular weight excluding hydrogens is 206 g/mol. The van der Waals surface area contributed by atoms with Gasteiger partial charge in [-0.15, -0.1) is 0 Å². The van der Waals surface area contributed by atoms with Gasteiger partial charge in [0.1, 0.15) is 6.10 Å². The lowest BCUT2D eigenvalue weighted by atomic mass is 10.1. The van der Waals surface area contributed by atoms with E-state index in [0.29, 0.717) is 0 Å². The Labute approximate surface area is 95.0 Å². The smallest absolute Gasteiger partial charge is 0.104 e. The maximum absolute atomic E-state index is 9.41. The minimum absolute atomic E-state index is 0.0160. The molecule has 0 amide bonds. The fraction of sp³-hybridized carbons (Fsp3) is 0.500. The lowest BCUT2D eigenvalue weighted by molar-refractivity contribution is -0.188. The van der Waals surface area contributed by atoms with Gasteiger partial charge in [0, 0.05) is 6.54 Å². The summed E-state index contributed by atoms with van der Waals surface area (Å²) in [6, 6.07) is 9.62. The third-order valence-electron chi connectivity index (χ3n) is 2.86. The molecule has 0 spiro atoms. The molecule has 2 atom stereocenters. The lowest BCUT2D eigenvalue weighted by Gasteiger charge is -2.25. The molecule has 1 aromatic carbocycles. The van der Waals surface area contributed by atoms with Crippen LogP contribution in [-0.4, -0.2) is 41.1 Å². The molecule has 0 unspecified atom stereocenters. The molecule has 1 fully saturated rings. The number of hydroxylamine groups is 2. The first-order chi connectivity index (χ1) is 7.85. The Morgan fingerprint density at radius 2 is 2.06 bits per heavy atom. The quantitative estimate of drug-likeness (QED) is 0.789. The van der Waals surface area contributed by atoms with E-state index in [1.54, 1.807) is 5.06 Å². The maximum atomic E-state index is 9.41. The van der Waals surface area contributed by atoms with Gasteiger partial charge in [-0.1, -0.05) is 30.3 Å². The van der Waals surface area contributed by atoms with Crippen LogP contribution in [0.1, 0.15) is 18.0 Å². The Hall–Kier alpha value is -0.940. The van der Waals surface area contributed by atoms with Crippen molar-refractivity contribution in [2.75, 3.05) is 19.8 Å². The van der Waals surface area contributed by atoms with Crippen molar-refractivity contribution in [2.24, 2.45) is 0 Å². The van der Waals surface area contributed by atoms with Crippen LogP contribution in [-0.2, 0) is 4.84 Å². The summed E-state index contributed by atoms with van der Waals surface area (Å²) >= 11 is 0. The molecule has 1 saturated heterocycles. The molecule has 1 aliphatic heterocycles. The van der Waals surface area contributed by atoms with Gasteiger partial charge in [0.2, 0.25) is 0 Å². The molecule has 4 nitrogen and oxygen atoms in total. The van der Waals surface area contributed by atoms with Crippen molar-refractivity contribution in [2.45, 2.75) is 18.6 Å². The third-order valence-corrected chi connectivity index (χ3v) is 2.86. The van der Waals surface area contributed by atoms with E-state index >= 15 is 0 Å². The average molecular weight is 223 g/mol. The number of aliphatic hydroxyl groups excluding tert-OH is 2. The number of hydrogen-bond donors (Lipinski definition) is 2. The van der Waals surface area contributed by atoms with E-state index in [9.17, 15) is 5.11 Å². The minimum atomic E-state index is -0.141. The highest BCUT2D eigenvalue weighted by Crippen LogP contribution is 2.26. The fourth-order valence-electron chi connectivity index (χ4n) is 1.96. The zero-order chi connectivity index (χ0) is 11.4. The van der Waals surface area contributed by atoms with Crippen molar-refractivity contribution >= 4 is 0 Å². The SMILES string of the molecule is OC[C@H]1CCN([C@@H](CO)c2ccccc2)O1. The van der Waals surface area contributed by atoms with Gasteiger partial charge in [0.25, 0.3) is 0 Å². The molecule has 1 aromatic rings. The van der Waals surface area contributed by atoms with E-state index in [2.05, 4.69) is 0 Å². The Morgan fingerprint density at radius 3 is 2.62 bits per heavy atom. The van der Waals surface area contributed by atoms with E-state index in [4.69, 9.17) is 9.94 Å². The number of rotatable bonds is 4. The van der Waals surface area contributed by atoms with Crippen molar-refractivity contribution in [1.82, 2.24) is 5.06 Å². The molecule has 1 aliphatic rings. The first-order valence-electron chi connectivity index (χ1n) is 5.55. The molecule has 16 heavy (non-hydrogen) atoms. The molecule has 0 aromatic heterocycles. The van der Waals surface area contributed by atoms with E-state index < -0.39 is 0 Å². The van der Waals surface area contributed by atoms with Crippen molar-refractivity contribution in [3.8, 4) is 0 Å². The van der Waals surface area contributed by atoms with Crippen LogP contribution in [0.4, 0.5) is 0 Å². The van der Waals surface area contributed by atoms with Crippen LogP contribution in [0, 0.1) is 0 Å². The largest absolute Gasteiger partial charge is 0.394 e. The van der Waals surface area contributed by atoms with Gasteiger partial charge >= 0.3 is 0 Å². The Balaban J connectivity index is 2.06. The van der Waals surface area contributed by atoms with Gasteiger partial charge in [0.05, 0.1) is 19.3 Å². The van der Waals surface area contributed by atoms with E-state index in [1.807, 2.05) is 30.3 Å². The van der Waals surface area contributed by atoms with E-state index in [-0.39, 0.29) is 25.4 Å². The summed E-state index contributed by atoms with van der Waals surface area (Å²) in [5.74, 6) is 0. The summed E-state index contributed by atoms with van der Waals surface area (Å²) in [6.07, 6.45) is 0.678. The maximum Gasteiger partial charge on any atom is 0.104 e. The molecule has 1 heterocycles. The third kappa shape index (κ3) is 2.41. The summed E-state index contributed by atoms with van der Waals surface area (Å²) in [6.45, 7) is 0.789. The van der Waals surface area contributed by atoms with E-state index in [1.165, 1.54) is 0 Å². The van der Waals surface area contributed by atoms with Crippen LogP contribution in [0.25, 0.3) is 0 Å². The van der Waals surface area contributed by atoms with Crippen molar-refractivity contribution in [3.63, 3.8) is 0 Å². The second-order valence-electron chi connectivity index (χ2n) is 3.95. The molecule has 88 valence electrons. The number of aliphatic hydroxyl groups is 2. The number of nitrogens with zero attached hydrogens (tertiary/aromatic N) is 1. The zero-order valence-corrected chi connectivity index (χ0v) is 9.12. The number of benzene rings is 1. The van der Waals surface area contributed by atoms with Crippen LogP contribution in [0.15, 0.2) is 30.3 Å². The highest BCUT2D eigenvalue weighted by Gasteiger charge is 2.29. The Morgan fingerprint density at radius 1 is 1.31 bits per heavy atom. The van der Waals surface area contributed by atoms with Crippen LogP contribution >= 0.6 is 0 Å². The summed E-state index contributed by atoms with van der Waals surface area (Å²) in [7, 11) is 0. The fourth-order valence-corrected chi connectivity index (χ4v) is 1.96. The molecule has 2 N–H and O–H groups in total. The topological polar surface area (TPSA) is 52.9 Å². The van der Waals surface area contributed by atoms with Crippen LogP contribution in [0.2, 0.25) is 0 Å². The Kier molecular flexibility index (Phi) is 3.90. The molecule has 2 rings (SSSR count). The molecule has 0 aliphatic carbocycles. The Bertz CT molecular complexity index is 317. The van der Waals surface area contributed by atoms with Crippen molar-refractivity contribution < 1.29 is 15.1 Å². The summed E-state index contributed by atoms with van der Waals surface area (Å²) in [5.41, 5.74) is 1.03. The van der Waals surface area contributed by atoms with Gasteiger partial charge in [0.15, 0.2) is 0 Å². The summed E-state index contributed by atoms with van der Waals surface area (Å²) in [4.78, 5) is 5.54. The summed E-state index contributed by atoms with van der Waals surface area (Å²) in [5, 5.41) is 20.2. The van der Waals surface area contributed by atoms with Crippen LogP contribution in [0.5, 0.6) is 0 Å². The zero-order valence-electron chi connectivity index (χ0n) is 9.12. The predicted octanol–water partition coefficient (Wildman–Crippen LogP) is 0.718. The highest BCUT2D eigenvalue weighted by molar-refractivity contribution is 5.18. The standard InChI is InChI=1S/C12H17NO3/c14-8-11-6-7-13(16-11)12(9-15)10-4-2-1-3-5-10/h1-5,11-12,14-15H,6-9H2/t11-,12+/m1/s1. The molecule has 0 radical (unpaired) electrons. The first-order valence-corrected chi connectivity index (χ1v) is 5.55. The molecule has 0 bridgehead atoms. The molecule has 0 saturated carbocycles. The summed E-state index contributed by atoms with van der Waals surface area (Å²) < 4.78 is 0. The van der Waals surface area contributed by atoms with Crippen LogP contribution < -0.4 is 0 Å². The lowest BCUT2D eigenvalue weighted by Crippen LogP contribution is -2.28. The first kappa shape index (κ1) is 11.5. The van der Waals surface area contributed by atoms with Gasteiger partial charge < -0.3 is 10.2 Å². The minimum Gasteiger partial charge on any atom is -0.394 e. The monoisotopic (exact) mass is 223 g/mol. The predicted molar refractivity (Wildman–Crippen MR) is 59.6 cm³/mol. The normalized spacial score (nSPS) is 23.5. The number of hydrogen-bond acceptors (Lipinski definition) is 4. The molecule has 4 heteroatoms. The van der Waals surface area contributed by atoms with Crippen LogP contribution in [0.3, 0.4) is 0 Å². The highest BCUT2D eigenvalue weighted by atomic mass is 16.7.